The molecule has 70 heavy (non-hydrogen) atoms. The van der Waals surface area contributed by atoms with Crippen LogP contribution in [0.25, 0.3) is 22.3 Å². The third-order valence-electron chi connectivity index (χ3n) is 13.4. The van der Waals surface area contributed by atoms with E-state index in [2.05, 4.69) is 6.92 Å². The van der Waals surface area contributed by atoms with Crippen LogP contribution in [0.3, 0.4) is 0 Å². The minimum Gasteiger partial charge on any atom is -0.457 e. The number of aromatic nitrogens is 2. The van der Waals surface area contributed by atoms with Crippen molar-refractivity contribution in [2.75, 3.05) is 54.1 Å². The van der Waals surface area contributed by atoms with Gasteiger partial charge in [-0.15, -0.1) is 0 Å². The van der Waals surface area contributed by atoms with Gasteiger partial charge in [-0.05, 0) is 43.9 Å². The molecular weight excluding hydrogens is 914 g/mol. The molecular formula is C54H83N3O12P+. The van der Waals surface area contributed by atoms with Crippen molar-refractivity contribution in [1.82, 2.24) is 9.55 Å². The van der Waals surface area contributed by atoms with Crippen molar-refractivity contribution < 1.29 is 56.3 Å². The van der Waals surface area contributed by atoms with Gasteiger partial charge in [-0.1, -0.05) is 141 Å². The van der Waals surface area contributed by atoms with Gasteiger partial charge in [-0.25, -0.2) is 14.3 Å². The first-order valence-electron chi connectivity index (χ1n) is 26.4. The van der Waals surface area contributed by atoms with Crippen molar-refractivity contribution in [2.24, 2.45) is 0 Å². The van der Waals surface area contributed by atoms with E-state index in [9.17, 15) is 28.6 Å². The number of phosphoric ester groups is 1. The lowest BCUT2D eigenvalue weighted by atomic mass is 9.85. The molecule has 0 fully saturated rings. The fraction of sp³-hybridized carbons (Fsp3) is 0.685. The molecule has 0 aliphatic carbocycles. The van der Waals surface area contributed by atoms with E-state index in [1.807, 2.05) is 51.5 Å². The molecule has 0 spiro atoms. The molecule has 3 aromatic rings. The summed E-state index contributed by atoms with van der Waals surface area (Å²) in [6.45, 7) is 4.83. The van der Waals surface area contributed by atoms with Crippen LogP contribution in [0, 0.1) is 0 Å². The van der Waals surface area contributed by atoms with E-state index in [1.54, 1.807) is 17.6 Å². The van der Waals surface area contributed by atoms with Crippen LogP contribution in [0.5, 0.6) is 0 Å². The minimum absolute atomic E-state index is 0.0252. The number of carbonyl (C=O) groups excluding carboxylic acids is 3. The normalized spacial score (nSPS) is 16.6. The van der Waals surface area contributed by atoms with E-state index < -0.39 is 37.4 Å². The predicted octanol–water partition coefficient (Wildman–Crippen LogP) is 11.0. The van der Waals surface area contributed by atoms with E-state index in [1.165, 1.54) is 77.0 Å². The van der Waals surface area contributed by atoms with E-state index in [-0.39, 0.29) is 51.2 Å². The molecule has 0 radical (unpaired) electrons. The van der Waals surface area contributed by atoms with E-state index in [0.29, 0.717) is 72.4 Å². The maximum absolute atomic E-state index is 13.9. The number of ether oxygens (including phenoxy) is 4. The zero-order chi connectivity index (χ0) is 50.4. The maximum Gasteiger partial charge on any atom is 0.472 e. The molecule has 2 unspecified atom stereocenters. The number of quaternary nitrogens is 1. The molecule has 5 rings (SSSR count). The Labute approximate surface area is 416 Å². The molecule has 16 heteroatoms. The van der Waals surface area contributed by atoms with Gasteiger partial charge >= 0.3 is 25.7 Å². The number of benzene rings is 1. The lowest BCUT2D eigenvalue weighted by Gasteiger charge is -2.35. The van der Waals surface area contributed by atoms with Crippen molar-refractivity contribution in [2.45, 2.75) is 186 Å². The quantitative estimate of drug-likeness (QED) is 0.0150. The Morgan fingerprint density at radius 2 is 1.39 bits per heavy atom. The number of hydrogen-bond donors (Lipinski definition) is 1. The molecule has 3 atom stereocenters. The summed E-state index contributed by atoms with van der Waals surface area (Å²) in [7, 11) is 1.46. The van der Waals surface area contributed by atoms with Crippen molar-refractivity contribution in [3.8, 4) is 11.4 Å². The SMILES string of the molecule is CCCCCCCCCCCCCCCCCOCC(COP(=O)(O)OCC[N+](C)(C)C)OC(=O)CCCCCCCC(=O)O[C@]1(CC)C(=O)OCc2c1cc1n(c2=O)Cc2cc3ccccc3nc2-1. The van der Waals surface area contributed by atoms with Gasteiger partial charge < -0.3 is 32.9 Å². The van der Waals surface area contributed by atoms with Crippen LogP contribution >= 0.6 is 7.82 Å². The number of cyclic esters (lactones) is 1. The summed E-state index contributed by atoms with van der Waals surface area (Å²) in [5.41, 5.74) is 1.51. The summed E-state index contributed by atoms with van der Waals surface area (Å²) in [6.07, 6.45) is 21.6. The molecule has 2 aliphatic heterocycles. The van der Waals surface area contributed by atoms with Gasteiger partial charge in [-0.2, -0.15) is 0 Å². The molecule has 0 saturated carbocycles. The van der Waals surface area contributed by atoms with Crippen molar-refractivity contribution in [3.63, 3.8) is 0 Å². The van der Waals surface area contributed by atoms with Gasteiger partial charge in [0.05, 0.1) is 63.4 Å². The zero-order valence-electron chi connectivity index (χ0n) is 43.0. The molecule has 390 valence electrons. The van der Waals surface area contributed by atoms with Crippen LogP contribution in [-0.4, -0.2) is 97.1 Å². The Bertz CT molecular complexity index is 2240. The third-order valence-corrected chi connectivity index (χ3v) is 14.4. The standard InChI is InChI=1S/C54H82N3O12P/c1-6-8-9-10-11-12-13-14-15-16-17-18-19-23-28-34-64-39-44(40-67-70(62,63)66-35-33-57(3,4)5)68-49(58)31-24-21-20-22-25-32-50(59)69-54(7-2)46-37-48-51-43(36-42-29-26-27-30-47(42)55-51)38-56(48)52(60)45(46)41-65-53(54)61/h26-27,29-30,36-37,44H,6-25,28,31-35,38-41H2,1-5H3/p+1/t44?,54-/m0/s1. The van der Waals surface area contributed by atoms with E-state index in [0.717, 1.165) is 42.1 Å². The Kier molecular flexibility index (Phi) is 23.5. The number of likely N-dealkylation sites (N-methyl/N-ethyl adjacent to an activating group) is 1. The number of fused-ring (bicyclic) bond motifs is 5. The Morgan fingerprint density at radius 1 is 0.786 bits per heavy atom. The first-order chi connectivity index (χ1) is 33.7. The summed E-state index contributed by atoms with van der Waals surface area (Å²) in [6, 6.07) is 11.5. The lowest BCUT2D eigenvalue weighted by molar-refractivity contribution is -0.870. The number of rotatable bonds is 36. The third kappa shape index (κ3) is 17.9. The summed E-state index contributed by atoms with van der Waals surface area (Å²) in [4.78, 5) is 68.8. The number of phosphoric acid groups is 1. The minimum atomic E-state index is -4.38. The molecule has 2 aliphatic rings. The number of nitrogens with zero attached hydrogens (tertiary/aromatic N) is 3. The fourth-order valence-corrected chi connectivity index (χ4v) is 9.93. The van der Waals surface area contributed by atoms with Crippen LogP contribution in [0.4, 0.5) is 0 Å². The second-order valence-electron chi connectivity index (χ2n) is 20.2. The van der Waals surface area contributed by atoms with Gasteiger partial charge in [-0.3, -0.25) is 23.4 Å². The monoisotopic (exact) mass is 997 g/mol. The highest BCUT2D eigenvalue weighted by atomic mass is 31.2. The molecule has 0 amide bonds. The highest BCUT2D eigenvalue weighted by Crippen LogP contribution is 2.44. The Balaban J connectivity index is 1.01. The number of carbonyl (C=O) groups is 3. The molecule has 1 N–H and O–H groups in total. The molecule has 0 saturated heterocycles. The number of para-hydroxylation sites is 1. The number of hydrogen-bond acceptors (Lipinski definition) is 12. The Morgan fingerprint density at radius 3 is 2.01 bits per heavy atom. The topological polar surface area (TPSA) is 179 Å². The largest absolute Gasteiger partial charge is 0.472 e. The smallest absolute Gasteiger partial charge is 0.457 e. The van der Waals surface area contributed by atoms with Crippen LogP contribution < -0.4 is 5.56 Å². The van der Waals surface area contributed by atoms with E-state index in [4.69, 9.17) is 33.0 Å². The first kappa shape index (κ1) is 56.9. The van der Waals surface area contributed by atoms with Gasteiger partial charge in [0.15, 0.2) is 0 Å². The van der Waals surface area contributed by atoms with Crippen LogP contribution in [0.2, 0.25) is 0 Å². The maximum atomic E-state index is 13.9. The van der Waals surface area contributed by atoms with Gasteiger partial charge in [0.1, 0.15) is 25.9 Å². The molecule has 15 nitrogen and oxygen atoms in total. The molecule has 0 bridgehead atoms. The molecule has 2 aromatic heterocycles. The van der Waals surface area contributed by atoms with Crippen molar-refractivity contribution in [3.05, 3.63) is 63.4 Å². The number of esters is 3. The predicted molar refractivity (Wildman–Crippen MR) is 271 cm³/mol. The first-order valence-corrected chi connectivity index (χ1v) is 27.9. The average molecular weight is 997 g/mol. The van der Waals surface area contributed by atoms with Crippen LogP contribution in [0.1, 0.15) is 178 Å². The highest BCUT2D eigenvalue weighted by Gasteiger charge is 2.50. The second-order valence-corrected chi connectivity index (χ2v) is 21.7. The number of unbranched alkanes of at least 4 members (excludes halogenated alkanes) is 18. The molecule has 1 aromatic carbocycles. The van der Waals surface area contributed by atoms with Gasteiger partial charge in [0, 0.05) is 36.0 Å². The summed E-state index contributed by atoms with van der Waals surface area (Å²) >= 11 is 0. The molecule has 4 heterocycles. The van der Waals surface area contributed by atoms with Gasteiger partial charge in [0.2, 0.25) is 5.60 Å². The van der Waals surface area contributed by atoms with Gasteiger partial charge in [0.25, 0.3) is 5.56 Å². The zero-order valence-corrected chi connectivity index (χ0v) is 43.9. The summed E-state index contributed by atoms with van der Waals surface area (Å²) in [5, 5.41) is 0.966. The average Bonchev–Trinajstić information content (AvgIpc) is 3.68. The fourth-order valence-electron chi connectivity index (χ4n) is 9.19. The summed E-state index contributed by atoms with van der Waals surface area (Å²) in [5.74, 6) is -1.73. The van der Waals surface area contributed by atoms with Crippen LogP contribution in [0.15, 0.2) is 41.2 Å². The second kappa shape index (κ2) is 28.9. The van der Waals surface area contributed by atoms with Crippen molar-refractivity contribution >= 4 is 36.6 Å². The van der Waals surface area contributed by atoms with E-state index >= 15 is 0 Å². The highest BCUT2D eigenvalue weighted by molar-refractivity contribution is 7.47. The number of pyridine rings is 2. The lowest BCUT2D eigenvalue weighted by Crippen LogP contribution is -2.47. The summed E-state index contributed by atoms with van der Waals surface area (Å²) < 4.78 is 48.3. The Hall–Kier alpha value is -3.98. The van der Waals surface area contributed by atoms with Crippen molar-refractivity contribution in [1.29, 1.82) is 0 Å². The van der Waals surface area contributed by atoms with Crippen LogP contribution in [-0.2, 0) is 65.7 Å².